The fourth-order valence-corrected chi connectivity index (χ4v) is 4.65. The summed E-state index contributed by atoms with van der Waals surface area (Å²) < 4.78 is 0. The number of nitrogens with zero attached hydrogens (tertiary/aromatic N) is 1. The number of carbonyl (C=O) groups is 2. The molecule has 0 radical (unpaired) electrons. The van der Waals surface area contributed by atoms with Gasteiger partial charge in [-0.05, 0) is 54.8 Å². The summed E-state index contributed by atoms with van der Waals surface area (Å²) in [4.78, 5) is 29.2. The number of benzene rings is 2. The van der Waals surface area contributed by atoms with Crippen molar-refractivity contribution in [3.63, 3.8) is 0 Å². The van der Waals surface area contributed by atoms with E-state index in [1.807, 2.05) is 18.2 Å². The average Bonchev–Trinajstić information content (AvgIpc) is 2.80. The van der Waals surface area contributed by atoms with Gasteiger partial charge in [0.25, 0.3) is 5.91 Å². The second kappa shape index (κ2) is 9.87. The van der Waals surface area contributed by atoms with Crippen LogP contribution in [-0.2, 0) is 17.1 Å². The summed E-state index contributed by atoms with van der Waals surface area (Å²) in [6, 6.07) is 15.2. The molecule has 0 bridgehead atoms. The predicted octanol–water partition coefficient (Wildman–Crippen LogP) is 4.29. The van der Waals surface area contributed by atoms with Crippen LogP contribution in [0.15, 0.2) is 60.9 Å². The highest BCUT2D eigenvalue weighted by atomic mass is 32.2. The van der Waals surface area contributed by atoms with Crippen LogP contribution in [0.25, 0.3) is 0 Å². The minimum Gasteiger partial charge on any atom is -0.371 e. The Hall–Kier alpha value is -3.32. The van der Waals surface area contributed by atoms with Gasteiger partial charge in [0.2, 0.25) is 5.91 Å². The summed E-state index contributed by atoms with van der Waals surface area (Å²) in [5, 5.41) is 9.13. The van der Waals surface area contributed by atoms with E-state index in [0.717, 1.165) is 17.0 Å². The van der Waals surface area contributed by atoms with E-state index in [0.29, 0.717) is 23.5 Å². The Morgan fingerprint density at radius 2 is 2.00 bits per heavy atom. The third-order valence-electron chi connectivity index (χ3n) is 5.41. The van der Waals surface area contributed by atoms with Crippen LogP contribution in [0.3, 0.4) is 0 Å². The summed E-state index contributed by atoms with van der Waals surface area (Å²) in [6.07, 6.45) is 3.41. The van der Waals surface area contributed by atoms with Crippen LogP contribution < -0.4 is 16.0 Å². The van der Waals surface area contributed by atoms with Gasteiger partial charge >= 0.3 is 0 Å². The number of aromatic nitrogens is 1. The number of fused-ring (bicyclic) bond motifs is 1. The number of anilines is 2. The van der Waals surface area contributed by atoms with E-state index in [4.69, 9.17) is 0 Å². The molecule has 3 aromatic rings. The highest BCUT2D eigenvalue weighted by Crippen LogP contribution is 2.29. The fourth-order valence-electron chi connectivity index (χ4n) is 3.53. The van der Waals surface area contributed by atoms with E-state index >= 15 is 0 Å². The van der Waals surface area contributed by atoms with E-state index in [9.17, 15) is 9.59 Å². The van der Waals surface area contributed by atoms with E-state index in [1.54, 1.807) is 36.3 Å². The number of carbonyl (C=O) groups excluding carboxylic acids is 2. The lowest BCUT2D eigenvalue weighted by Crippen LogP contribution is -2.40. The largest absolute Gasteiger partial charge is 0.371 e. The van der Waals surface area contributed by atoms with Crippen LogP contribution in [-0.4, -0.2) is 28.6 Å². The van der Waals surface area contributed by atoms with Crippen molar-refractivity contribution in [1.82, 2.24) is 10.3 Å². The molecule has 7 heteroatoms. The second-order valence-electron chi connectivity index (χ2n) is 7.94. The zero-order valence-corrected chi connectivity index (χ0v) is 19.0. The van der Waals surface area contributed by atoms with Gasteiger partial charge in [0.1, 0.15) is 6.04 Å². The first-order valence-corrected chi connectivity index (χ1v) is 11.7. The van der Waals surface area contributed by atoms with Gasteiger partial charge in [-0.2, -0.15) is 11.8 Å². The number of hydrogen-bond donors (Lipinski definition) is 3. The molecule has 2 amide bonds. The van der Waals surface area contributed by atoms with Gasteiger partial charge in [0, 0.05) is 36.0 Å². The van der Waals surface area contributed by atoms with E-state index < -0.39 is 0 Å². The smallest absolute Gasteiger partial charge is 0.251 e. The molecule has 0 spiro atoms. The highest BCUT2D eigenvalue weighted by Gasteiger charge is 2.26. The average molecular weight is 447 g/mol. The normalized spacial score (nSPS) is 14.8. The zero-order valence-electron chi connectivity index (χ0n) is 18.1. The molecule has 0 saturated carbocycles. The minimum atomic E-state index is -0.317. The summed E-state index contributed by atoms with van der Waals surface area (Å²) in [7, 11) is 0. The van der Waals surface area contributed by atoms with Crippen LogP contribution in [0.1, 0.15) is 32.6 Å². The summed E-state index contributed by atoms with van der Waals surface area (Å²) >= 11 is 1.73. The number of nitrogens with one attached hydrogen (secondary N) is 3. The van der Waals surface area contributed by atoms with Gasteiger partial charge in [-0.25, -0.2) is 0 Å². The first kappa shape index (κ1) is 21.9. The second-order valence-corrected chi connectivity index (χ2v) is 8.97. The van der Waals surface area contributed by atoms with Crippen molar-refractivity contribution in [2.75, 3.05) is 16.4 Å². The first-order valence-electron chi connectivity index (χ1n) is 10.5. The van der Waals surface area contributed by atoms with Crippen molar-refractivity contribution in [3.05, 3.63) is 88.7 Å². The van der Waals surface area contributed by atoms with Crippen LogP contribution in [0.4, 0.5) is 11.4 Å². The molecule has 0 saturated heterocycles. The topological polar surface area (TPSA) is 83.1 Å². The Labute approximate surface area is 192 Å². The molecule has 2 heterocycles. The molecule has 4 rings (SSSR count). The lowest BCUT2D eigenvalue weighted by Gasteiger charge is -2.27. The summed E-state index contributed by atoms with van der Waals surface area (Å²) in [5.41, 5.74) is 6.68. The molecular weight excluding hydrogens is 420 g/mol. The van der Waals surface area contributed by atoms with Crippen molar-refractivity contribution >= 4 is 35.0 Å². The van der Waals surface area contributed by atoms with Crippen molar-refractivity contribution in [2.24, 2.45) is 0 Å². The third kappa shape index (κ3) is 5.29. The monoisotopic (exact) mass is 446 g/mol. The minimum absolute atomic E-state index is 0.0844. The predicted molar refractivity (Wildman–Crippen MR) is 130 cm³/mol. The van der Waals surface area contributed by atoms with Gasteiger partial charge in [0.05, 0.1) is 11.4 Å². The lowest BCUT2D eigenvalue weighted by atomic mass is 10.1. The molecule has 3 N–H and O–H groups in total. The van der Waals surface area contributed by atoms with Crippen molar-refractivity contribution in [1.29, 1.82) is 0 Å². The molecule has 2 aromatic carbocycles. The van der Waals surface area contributed by atoms with Crippen molar-refractivity contribution in [3.8, 4) is 0 Å². The summed E-state index contributed by atoms with van der Waals surface area (Å²) in [5.74, 6) is 1.24. The van der Waals surface area contributed by atoms with Gasteiger partial charge in [-0.1, -0.05) is 29.8 Å². The number of pyridine rings is 1. The molecule has 1 aromatic heterocycles. The van der Waals surface area contributed by atoms with Crippen molar-refractivity contribution < 1.29 is 9.59 Å². The van der Waals surface area contributed by atoms with Gasteiger partial charge in [-0.15, -0.1) is 0 Å². The maximum absolute atomic E-state index is 12.6. The Morgan fingerprint density at radius 3 is 2.81 bits per heavy atom. The van der Waals surface area contributed by atoms with Crippen LogP contribution in [0.2, 0.25) is 0 Å². The van der Waals surface area contributed by atoms with Crippen LogP contribution in [0, 0.1) is 13.8 Å². The van der Waals surface area contributed by atoms with E-state index in [1.165, 1.54) is 16.7 Å². The number of aryl methyl sites for hydroxylation is 2. The maximum atomic E-state index is 12.6. The molecule has 164 valence electrons. The van der Waals surface area contributed by atoms with Crippen LogP contribution >= 0.6 is 11.8 Å². The van der Waals surface area contributed by atoms with Crippen LogP contribution in [0.5, 0.6) is 0 Å². The fraction of sp³-hybridized carbons (Fsp3) is 0.240. The van der Waals surface area contributed by atoms with Crippen molar-refractivity contribution in [2.45, 2.75) is 32.2 Å². The Balaban J connectivity index is 1.34. The lowest BCUT2D eigenvalue weighted by molar-refractivity contribution is -0.116. The van der Waals surface area contributed by atoms with Gasteiger partial charge < -0.3 is 16.0 Å². The molecule has 1 aliphatic rings. The zero-order chi connectivity index (χ0) is 22.5. The molecule has 1 unspecified atom stereocenters. The standard InChI is InChI=1S/C25H26N4O2S/c1-16-5-6-17(2)20(10-16)14-32-15-23-25(31)29-22-11-19(7-8-21(22)28-23)24(30)27-13-18-4-3-9-26-12-18/h3-12,23,28H,13-15H2,1-2H3,(H,27,30)(H,29,31). The SMILES string of the molecule is Cc1ccc(C)c(CSCC2Nc3ccc(C(=O)NCc4cccnc4)cc3NC2=O)c1. The van der Waals surface area contributed by atoms with E-state index in [2.05, 4.69) is 53.0 Å². The highest BCUT2D eigenvalue weighted by molar-refractivity contribution is 7.98. The molecule has 0 aliphatic carbocycles. The quantitative estimate of drug-likeness (QED) is 0.504. The third-order valence-corrected chi connectivity index (χ3v) is 6.49. The number of hydrogen-bond acceptors (Lipinski definition) is 5. The number of rotatable bonds is 7. The molecule has 6 nitrogen and oxygen atoms in total. The molecule has 1 aliphatic heterocycles. The molecule has 32 heavy (non-hydrogen) atoms. The number of thioether (sulfide) groups is 1. The van der Waals surface area contributed by atoms with E-state index in [-0.39, 0.29) is 17.9 Å². The van der Waals surface area contributed by atoms with Gasteiger partial charge in [0.15, 0.2) is 0 Å². The summed E-state index contributed by atoms with van der Waals surface area (Å²) in [6.45, 7) is 4.60. The first-order chi connectivity index (χ1) is 15.5. The maximum Gasteiger partial charge on any atom is 0.251 e. The molecule has 1 atom stereocenters. The Bertz CT molecular complexity index is 1130. The molecular formula is C25H26N4O2S. The Kier molecular flexibility index (Phi) is 6.75. The number of amides is 2. The van der Waals surface area contributed by atoms with Gasteiger partial charge in [-0.3, -0.25) is 14.6 Å². The Morgan fingerprint density at radius 1 is 1.12 bits per heavy atom. The molecule has 0 fully saturated rings.